The van der Waals surface area contributed by atoms with E-state index in [9.17, 15) is 10.1 Å². The first-order valence-electron chi connectivity index (χ1n) is 7.83. The maximum atomic E-state index is 10.9. The molecule has 3 rings (SSSR count). The molecule has 0 amide bonds. The average molecular weight is 348 g/mol. The summed E-state index contributed by atoms with van der Waals surface area (Å²) in [6.45, 7) is 3.24. The van der Waals surface area contributed by atoms with Gasteiger partial charge in [-0.05, 0) is 25.1 Å². The molecule has 24 heavy (non-hydrogen) atoms. The van der Waals surface area contributed by atoms with Gasteiger partial charge in [0, 0.05) is 32.0 Å². The van der Waals surface area contributed by atoms with E-state index in [1.165, 1.54) is 6.07 Å². The monoisotopic (exact) mass is 347 g/mol. The summed E-state index contributed by atoms with van der Waals surface area (Å²) in [4.78, 5) is 17.0. The number of aromatic nitrogens is 1. The van der Waals surface area contributed by atoms with Crippen molar-refractivity contribution in [2.75, 3.05) is 18.0 Å². The molecule has 0 spiro atoms. The van der Waals surface area contributed by atoms with Gasteiger partial charge in [0.15, 0.2) is 0 Å². The van der Waals surface area contributed by atoms with Crippen LogP contribution in [0.1, 0.15) is 18.5 Å². The molecule has 0 unspecified atom stereocenters. The number of aryl methyl sites for hydroxylation is 1. The van der Waals surface area contributed by atoms with Gasteiger partial charge in [-0.25, -0.2) is 4.98 Å². The minimum Gasteiger partial charge on any atom is -0.489 e. The topological polar surface area (TPSA) is 68.5 Å². The molecule has 0 saturated carbocycles. The molecule has 0 atom stereocenters. The van der Waals surface area contributed by atoms with Gasteiger partial charge in [-0.2, -0.15) is 0 Å². The van der Waals surface area contributed by atoms with Gasteiger partial charge in [-0.1, -0.05) is 23.7 Å². The maximum absolute atomic E-state index is 10.9. The Labute approximate surface area is 145 Å². The SMILES string of the molecule is Cc1nc(N2CCC(Oc3ccccc3Cl)CC2)ccc1[N+](=O)[O-]. The molecule has 1 aromatic carbocycles. The molecule has 1 aliphatic rings. The van der Waals surface area contributed by atoms with E-state index in [-0.39, 0.29) is 11.8 Å². The number of ether oxygens (including phenoxy) is 1. The first kappa shape index (κ1) is 16.5. The van der Waals surface area contributed by atoms with E-state index >= 15 is 0 Å². The second-order valence-electron chi connectivity index (χ2n) is 5.77. The average Bonchev–Trinajstić information content (AvgIpc) is 2.57. The van der Waals surface area contributed by atoms with Gasteiger partial charge in [-0.3, -0.25) is 10.1 Å². The van der Waals surface area contributed by atoms with Crippen molar-refractivity contribution in [1.29, 1.82) is 0 Å². The fourth-order valence-corrected chi connectivity index (χ4v) is 3.01. The first-order chi connectivity index (χ1) is 11.5. The lowest BCUT2D eigenvalue weighted by molar-refractivity contribution is -0.385. The van der Waals surface area contributed by atoms with Crippen LogP contribution < -0.4 is 9.64 Å². The van der Waals surface area contributed by atoms with E-state index in [0.29, 0.717) is 16.5 Å². The van der Waals surface area contributed by atoms with E-state index in [4.69, 9.17) is 16.3 Å². The van der Waals surface area contributed by atoms with Crippen molar-refractivity contribution in [2.45, 2.75) is 25.9 Å². The van der Waals surface area contributed by atoms with Crippen LogP contribution in [0.4, 0.5) is 11.5 Å². The number of benzene rings is 1. The molecule has 1 aliphatic heterocycles. The van der Waals surface area contributed by atoms with Gasteiger partial charge in [0.05, 0.1) is 9.95 Å². The molecule has 0 N–H and O–H groups in total. The largest absolute Gasteiger partial charge is 0.489 e. The Hall–Kier alpha value is -2.34. The first-order valence-corrected chi connectivity index (χ1v) is 8.20. The van der Waals surface area contributed by atoms with Gasteiger partial charge in [0.25, 0.3) is 5.69 Å². The molecule has 1 fully saturated rings. The van der Waals surface area contributed by atoms with Gasteiger partial charge >= 0.3 is 0 Å². The van der Waals surface area contributed by atoms with E-state index in [2.05, 4.69) is 9.88 Å². The summed E-state index contributed by atoms with van der Waals surface area (Å²) >= 11 is 6.13. The summed E-state index contributed by atoms with van der Waals surface area (Å²) < 4.78 is 5.98. The lowest BCUT2D eigenvalue weighted by Gasteiger charge is -2.33. The van der Waals surface area contributed by atoms with E-state index in [1.54, 1.807) is 13.0 Å². The molecule has 2 aromatic rings. The van der Waals surface area contributed by atoms with Crippen LogP contribution in [0.2, 0.25) is 5.02 Å². The molecule has 0 radical (unpaired) electrons. The highest BCUT2D eigenvalue weighted by Gasteiger charge is 2.23. The number of halogens is 1. The lowest BCUT2D eigenvalue weighted by atomic mass is 10.1. The third-order valence-corrected chi connectivity index (χ3v) is 4.45. The second kappa shape index (κ2) is 7.05. The number of anilines is 1. The molecule has 7 heteroatoms. The molecule has 2 heterocycles. The van der Waals surface area contributed by atoms with Crippen molar-refractivity contribution >= 4 is 23.1 Å². The molecule has 6 nitrogen and oxygen atoms in total. The Balaban J connectivity index is 1.62. The molecular weight excluding hydrogens is 330 g/mol. The number of nitrogens with zero attached hydrogens (tertiary/aromatic N) is 3. The lowest BCUT2D eigenvalue weighted by Crippen LogP contribution is -2.38. The number of piperidine rings is 1. The normalized spacial score (nSPS) is 15.3. The van der Waals surface area contributed by atoms with Crippen LogP contribution in [0.25, 0.3) is 0 Å². The zero-order valence-electron chi connectivity index (χ0n) is 13.3. The van der Waals surface area contributed by atoms with Gasteiger partial charge < -0.3 is 9.64 Å². The van der Waals surface area contributed by atoms with Crippen molar-refractivity contribution in [3.8, 4) is 5.75 Å². The van der Waals surface area contributed by atoms with Crippen LogP contribution in [-0.2, 0) is 0 Å². The number of para-hydroxylation sites is 1. The van der Waals surface area contributed by atoms with E-state index in [0.717, 1.165) is 31.7 Å². The van der Waals surface area contributed by atoms with Crippen LogP contribution in [0, 0.1) is 17.0 Å². The molecule has 126 valence electrons. The second-order valence-corrected chi connectivity index (χ2v) is 6.17. The predicted octanol–water partition coefficient (Wildman–Crippen LogP) is 4.00. The highest BCUT2D eigenvalue weighted by Crippen LogP contribution is 2.28. The summed E-state index contributed by atoms with van der Waals surface area (Å²) in [6, 6.07) is 10.7. The summed E-state index contributed by atoms with van der Waals surface area (Å²) in [5.41, 5.74) is 0.489. The number of rotatable bonds is 4. The van der Waals surface area contributed by atoms with Crippen molar-refractivity contribution in [3.63, 3.8) is 0 Å². The molecule has 0 bridgehead atoms. The number of nitro groups is 1. The van der Waals surface area contributed by atoms with Gasteiger partial charge in [-0.15, -0.1) is 0 Å². The standard InChI is InChI=1S/C17H18ClN3O3/c1-12-15(21(22)23)6-7-17(19-12)20-10-8-13(9-11-20)24-16-5-3-2-4-14(16)18/h2-7,13H,8-11H2,1H3. The van der Waals surface area contributed by atoms with Crippen LogP contribution >= 0.6 is 11.6 Å². The number of pyridine rings is 1. The Bertz CT molecular complexity index is 746. The van der Waals surface area contributed by atoms with E-state index < -0.39 is 4.92 Å². The van der Waals surface area contributed by atoms with Crippen LogP contribution in [0.5, 0.6) is 5.75 Å². The summed E-state index contributed by atoms with van der Waals surface area (Å²) in [7, 11) is 0. The van der Waals surface area contributed by atoms with Crippen molar-refractivity contribution in [2.24, 2.45) is 0 Å². The third-order valence-electron chi connectivity index (χ3n) is 4.14. The summed E-state index contributed by atoms with van der Waals surface area (Å²) in [6.07, 6.45) is 1.81. The highest BCUT2D eigenvalue weighted by atomic mass is 35.5. The Morgan fingerprint density at radius 1 is 1.25 bits per heavy atom. The Morgan fingerprint density at radius 2 is 1.96 bits per heavy atom. The smallest absolute Gasteiger partial charge is 0.290 e. The van der Waals surface area contributed by atoms with E-state index in [1.807, 2.05) is 24.3 Å². The molecule has 1 aromatic heterocycles. The Morgan fingerprint density at radius 3 is 2.58 bits per heavy atom. The third kappa shape index (κ3) is 3.59. The Kier molecular flexibility index (Phi) is 4.85. The van der Waals surface area contributed by atoms with Crippen molar-refractivity contribution in [1.82, 2.24) is 4.98 Å². The fourth-order valence-electron chi connectivity index (χ4n) is 2.83. The van der Waals surface area contributed by atoms with Gasteiger partial charge in [0.2, 0.25) is 0 Å². The van der Waals surface area contributed by atoms with Crippen molar-refractivity contribution in [3.05, 3.63) is 57.2 Å². The predicted molar refractivity (Wildman–Crippen MR) is 92.9 cm³/mol. The highest BCUT2D eigenvalue weighted by molar-refractivity contribution is 6.32. The fraction of sp³-hybridized carbons (Fsp3) is 0.353. The zero-order chi connectivity index (χ0) is 17.1. The molecular formula is C17H18ClN3O3. The minimum absolute atomic E-state index is 0.0516. The van der Waals surface area contributed by atoms with Crippen LogP contribution in [0.3, 0.4) is 0 Å². The van der Waals surface area contributed by atoms with Crippen molar-refractivity contribution < 1.29 is 9.66 Å². The maximum Gasteiger partial charge on any atom is 0.290 e. The molecule has 0 aliphatic carbocycles. The summed E-state index contributed by atoms with van der Waals surface area (Å²) in [5, 5.41) is 11.5. The van der Waals surface area contributed by atoms with Gasteiger partial charge in [0.1, 0.15) is 23.4 Å². The minimum atomic E-state index is -0.407. The van der Waals surface area contributed by atoms with Crippen LogP contribution in [0.15, 0.2) is 36.4 Å². The quantitative estimate of drug-likeness (QED) is 0.617. The molecule has 1 saturated heterocycles. The summed E-state index contributed by atoms with van der Waals surface area (Å²) in [5.74, 6) is 1.48. The number of hydrogen-bond donors (Lipinski definition) is 0. The number of hydrogen-bond acceptors (Lipinski definition) is 5. The van der Waals surface area contributed by atoms with Crippen LogP contribution in [-0.4, -0.2) is 29.1 Å². The zero-order valence-corrected chi connectivity index (χ0v) is 14.1.